The topological polar surface area (TPSA) is 218 Å². The second-order valence-electron chi connectivity index (χ2n) is 13.5. The molecule has 0 saturated heterocycles. The number of rotatable bonds is 24. The molecule has 0 saturated carbocycles. The van der Waals surface area contributed by atoms with Crippen molar-refractivity contribution in [2.24, 2.45) is 5.41 Å². The van der Waals surface area contributed by atoms with Crippen LogP contribution in [0.1, 0.15) is 42.4 Å². The van der Waals surface area contributed by atoms with E-state index in [9.17, 15) is 42.3 Å². The van der Waals surface area contributed by atoms with E-state index in [4.69, 9.17) is 18.9 Å². The maximum absolute atomic E-state index is 13.5. The first-order valence-electron chi connectivity index (χ1n) is 18.7. The Morgan fingerprint density at radius 1 is 0.705 bits per heavy atom. The minimum Gasteiger partial charge on any atom is -0.508 e. The fraction of sp³-hybridized carbons (Fsp3) is 0.244. The van der Waals surface area contributed by atoms with E-state index >= 15 is 0 Å². The van der Waals surface area contributed by atoms with Gasteiger partial charge in [0.25, 0.3) is 0 Å². The Morgan fingerprint density at radius 3 is 1.85 bits per heavy atom. The molecule has 15 nitrogen and oxygen atoms in total. The molecule has 0 spiro atoms. The zero-order valence-corrected chi connectivity index (χ0v) is 34.6. The molecule has 16 heteroatoms. The summed E-state index contributed by atoms with van der Waals surface area (Å²) in [4.78, 5) is 74.6. The van der Waals surface area contributed by atoms with Gasteiger partial charge in [0.2, 0.25) is 15.7 Å². The number of ether oxygens (including phenoxy) is 4. The average Bonchev–Trinajstić information content (AvgIpc) is 3.24. The van der Waals surface area contributed by atoms with Crippen molar-refractivity contribution in [3.63, 3.8) is 0 Å². The SMILES string of the molecule is C=CCc1cc(S(=O)(=O)c2ccc(OC(=O)Nc3cccc(NC(=O)CCC(=O)OCC(CCC(=O)C=C)(COC(=O)C=C)COC(=O)C=C)c3C)c(CC=C)c2)ccc1O. The van der Waals surface area contributed by atoms with E-state index in [1.165, 1.54) is 42.5 Å². The third-order valence-corrected chi connectivity index (χ3v) is 10.8. The number of carbonyl (C=O) groups excluding carboxylic acids is 6. The van der Waals surface area contributed by atoms with Crippen molar-refractivity contribution in [1.29, 1.82) is 0 Å². The maximum Gasteiger partial charge on any atom is 0.417 e. The number of allylic oxidation sites excluding steroid dienone is 3. The fourth-order valence-electron chi connectivity index (χ4n) is 5.60. The van der Waals surface area contributed by atoms with E-state index < -0.39 is 65.0 Å². The number of phenols is 1. The molecular formula is C45H48N2O13S. The Morgan fingerprint density at radius 2 is 1.26 bits per heavy atom. The van der Waals surface area contributed by atoms with Gasteiger partial charge in [-0.15, -0.1) is 13.2 Å². The molecule has 0 radical (unpaired) electrons. The lowest BCUT2D eigenvalue weighted by Crippen LogP contribution is -2.40. The summed E-state index contributed by atoms with van der Waals surface area (Å²) in [7, 11) is -4.03. The van der Waals surface area contributed by atoms with Gasteiger partial charge >= 0.3 is 24.0 Å². The van der Waals surface area contributed by atoms with Crippen molar-refractivity contribution in [2.75, 3.05) is 30.5 Å². The highest BCUT2D eigenvalue weighted by Gasteiger charge is 2.36. The van der Waals surface area contributed by atoms with E-state index in [1.54, 1.807) is 31.2 Å². The van der Waals surface area contributed by atoms with Gasteiger partial charge < -0.3 is 29.4 Å². The molecule has 3 aromatic rings. The van der Waals surface area contributed by atoms with Gasteiger partial charge in [0.05, 0.1) is 21.6 Å². The molecule has 322 valence electrons. The molecule has 3 rings (SSSR count). The summed E-state index contributed by atoms with van der Waals surface area (Å²) in [5.41, 5.74) is 0.435. The zero-order valence-electron chi connectivity index (χ0n) is 33.7. The summed E-state index contributed by atoms with van der Waals surface area (Å²) in [6.07, 6.45) is 4.67. The first-order valence-corrected chi connectivity index (χ1v) is 20.2. The van der Waals surface area contributed by atoms with Crippen LogP contribution < -0.4 is 15.4 Å². The third kappa shape index (κ3) is 14.3. The van der Waals surface area contributed by atoms with Crippen LogP contribution in [0, 0.1) is 12.3 Å². The molecule has 0 aliphatic carbocycles. The zero-order chi connectivity index (χ0) is 45.2. The van der Waals surface area contributed by atoms with Crippen LogP contribution in [0.2, 0.25) is 0 Å². The molecular weight excluding hydrogens is 809 g/mol. The largest absolute Gasteiger partial charge is 0.508 e. The number of nitrogens with one attached hydrogen (secondary N) is 2. The monoisotopic (exact) mass is 856 g/mol. The quantitative estimate of drug-likeness (QED) is 0.0364. The van der Waals surface area contributed by atoms with Crippen LogP contribution in [0.5, 0.6) is 11.5 Å². The van der Waals surface area contributed by atoms with Crippen molar-refractivity contribution >= 4 is 56.9 Å². The van der Waals surface area contributed by atoms with Crippen LogP contribution in [0.4, 0.5) is 16.2 Å². The van der Waals surface area contributed by atoms with Crippen LogP contribution in [0.25, 0.3) is 0 Å². The molecule has 0 aromatic heterocycles. The number of carbonyl (C=O) groups is 6. The number of amides is 2. The van der Waals surface area contributed by atoms with E-state index in [2.05, 4.69) is 43.5 Å². The van der Waals surface area contributed by atoms with E-state index in [0.29, 0.717) is 22.4 Å². The maximum atomic E-state index is 13.5. The Balaban J connectivity index is 1.67. The number of aromatic hydroxyl groups is 1. The average molecular weight is 857 g/mol. The highest BCUT2D eigenvalue weighted by Crippen LogP contribution is 2.32. The molecule has 0 unspecified atom stereocenters. The van der Waals surface area contributed by atoms with Gasteiger partial charge in [-0.2, -0.15) is 0 Å². The Labute approximate surface area is 354 Å². The number of esters is 3. The van der Waals surface area contributed by atoms with Crippen molar-refractivity contribution < 1.29 is 61.2 Å². The molecule has 0 aliphatic heterocycles. The molecule has 0 atom stereocenters. The summed E-state index contributed by atoms with van der Waals surface area (Å²) in [5.74, 6) is -3.32. The Kier molecular flexibility index (Phi) is 18.1. The Hall–Kier alpha value is -7.07. The smallest absolute Gasteiger partial charge is 0.417 e. The minimum absolute atomic E-state index is 0.0239. The van der Waals surface area contributed by atoms with Crippen molar-refractivity contribution in [3.05, 3.63) is 135 Å². The summed E-state index contributed by atoms with van der Waals surface area (Å²) in [5, 5.41) is 15.4. The van der Waals surface area contributed by atoms with Gasteiger partial charge in [0, 0.05) is 41.9 Å². The molecule has 0 heterocycles. The number of sulfone groups is 1. The first-order chi connectivity index (χ1) is 29.0. The van der Waals surface area contributed by atoms with Gasteiger partial charge in [0.15, 0.2) is 5.78 Å². The summed E-state index contributed by atoms with van der Waals surface area (Å²) < 4.78 is 48.4. The highest BCUT2D eigenvalue weighted by molar-refractivity contribution is 7.91. The van der Waals surface area contributed by atoms with Crippen molar-refractivity contribution in [2.45, 2.75) is 55.2 Å². The van der Waals surface area contributed by atoms with Gasteiger partial charge in [-0.3, -0.25) is 19.7 Å². The van der Waals surface area contributed by atoms with Gasteiger partial charge in [-0.1, -0.05) is 38.0 Å². The predicted molar refractivity (Wildman–Crippen MR) is 227 cm³/mol. The van der Waals surface area contributed by atoms with Gasteiger partial charge in [-0.05, 0) is 91.9 Å². The number of benzene rings is 3. The highest BCUT2D eigenvalue weighted by atomic mass is 32.2. The lowest BCUT2D eigenvalue weighted by Gasteiger charge is -2.31. The molecule has 0 aliphatic rings. The van der Waals surface area contributed by atoms with E-state index in [0.717, 1.165) is 18.2 Å². The van der Waals surface area contributed by atoms with Crippen LogP contribution in [0.3, 0.4) is 0 Å². The lowest BCUT2D eigenvalue weighted by molar-refractivity contribution is -0.159. The second-order valence-corrected chi connectivity index (χ2v) is 15.5. The number of hydrogen-bond acceptors (Lipinski definition) is 13. The summed E-state index contributed by atoms with van der Waals surface area (Å²) in [6, 6.07) is 12.7. The predicted octanol–water partition coefficient (Wildman–Crippen LogP) is 6.84. The molecule has 61 heavy (non-hydrogen) atoms. The van der Waals surface area contributed by atoms with Gasteiger partial charge in [-0.25, -0.2) is 22.8 Å². The standard InChI is InChI=1S/C45H48N2O13S/c1-7-13-31-25-34(17-19-38(31)49)61(55,56)35-18-20-39(32(26-35)14-8-2)60-44(54)47-37-16-12-15-36(30(37)6)46-40(50)21-22-43(53)59-29-45(24-23-33(48)9-3,27-57-41(51)10-4)28-58-42(52)11-5/h7-12,15-20,25-26,49H,1-5,13-14,21-24,27-29H2,6H3,(H,46,50)(H,47,54). The van der Waals surface area contributed by atoms with Crippen molar-refractivity contribution in [1.82, 2.24) is 0 Å². The van der Waals surface area contributed by atoms with E-state index in [-0.39, 0.29) is 71.3 Å². The molecule has 0 fully saturated rings. The fourth-order valence-corrected chi connectivity index (χ4v) is 6.96. The first kappa shape index (κ1) is 48.3. The number of hydrogen-bond donors (Lipinski definition) is 3. The lowest BCUT2D eigenvalue weighted by atomic mass is 9.84. The summed E-state index contributed by atoms with van der Waals surface area (Å²) in [6.45, 7) is 17.8. The molecule has 0 bridgehead atoms. The van der Waals surface area contributed by atoms with E-state index in [1.807, 2.05) is 0 Å². The molecule has 3 aromatic carbocycles. The van der Waals surface area contributed by atoms with Crippen molar-refractivity contribution in [3.8, 4) is 11.5 Å². The number of anilines is 2. The Bertz CT molecular complexity index is 2250. The number of ketones is 1. The normalized spacial score (nSPS) is 10.9. The molecule has 2 amide bonds. The van der Waals surface area contributed by atoms with Gasteiger partial charge in [0.1, 0.15) is 31.3 Å². The van der Waals surface area contributed by atoms with Crippen LogP contribution in [0.15, 0.2) is 128 Å². The summed E-state index contributed by atoms with van der Waals surface area (Å²) >= 11 is 0. The minimum atomic E-state index is -4.03. The van der Waals surface area contributed by atoms with Crippen LogP contribution >= 0.6 is 0 Å². The molecule has 3 N–H and O–H groups in total. The van der Waals surface area contributed by atoms with Crippen LogP contribution in [-0.2, 0) is 60.9 Å². The second kappa shape index (κ2) is 22.9. The third-order valence-electron chi connectivity index (χ3n) is 9.08. The van der Waals surface area contributed by atoms with Crippen LogP contribution in [-0.4, -0.2) is 69.0 Å². The number of phenolic OH excluding ortho intramolecular Hbond substituents is 1.